The van der Waals surface area contributed by atoms with Crippen molar-refractivity contribution in [2.75, 3.05) is 26.0 Å². The predicted molar refractivity (Wildman–Crippen MR) is 84.6 cm³/mol. The fourth-order valence-corrected chi connectivity index (χ4v) is 2.16. The third kappa shape index (κ3) is 4.49. The van der Waals surface area contributed by atoms with Gasteiger partial charge in [0.05, 0.1) is 18.4 Å². The maximum Gasteiger partial charge on any atom is 0.287 e. The molecule has 0 radical (unpaired) electrons. The lowest BCUT2D eigenvalue weighted by Crippen LogP contribution is -2.31. The molecular weight excluding hydrogens is 276 g/mol. The van der Waals surface area contributed by atoms with Crippen LogP contribution in [0.15, 0.2) is 11.0 Å². The first-order valence-electron chi connectivity index (χ1n) is 7.03. The van der Waals surface area contributed by atoms with Gasteiger partial charge < -0.3 is 10.2 Å². The number of nitrogens with one attached hydrogen (secondary N) is 1. The second kappa shape index (κ2) is 7.64. The molecule has 0 amide bonds. The average molecular weight is 301 g/mol. The maximum atomic E-state index is 12.2. The van der Waals surface area contributed by atoms with Crippen LogP contribution in [0.25, 0.3) is 0 Å². The van der Waals surface area contributed by atoms with Crippen molar-refractivity contribution in [3.8, 4) is 0 Å². The molecule has 0 saturated heterocycles. The van der Waals surface area contributed by atoms with Gasteiger partial charge in [-0.2, -0.15) is 5.10 Å². The summed E-state index contributed by atoms with van der Waals surface area (Å²) in [5.41, 5.74) is 0.385. The largest absolute Gasteiger partial charge is 0.379 e. The highest BCUT2D eigenvalue weighted by molar-refractivity contribution is 6.32. The molecule has 0 saturated carbocycles. The summed E-state index contributed by atoms with van der Waals surface area (Å²) >= 11 is 6.17. The lowest BCUT2D eigenvalue weighted by molar-refractivity contribution is 0.367. The Morgan fingerprint density at radius 2 is 2.10 bits per heavy atom. The SMILES string of the molecule is CCC(Nc1cnn(CCN(C)C)c(=O)c1Cl)C(C)C. The molecule has 1 aromatic heterocycles. The molecule has 0 aliphatic carbocycles. The van der Waals surface area contributed by atoms with Gasteiger partial charge in [-0.3, -0.25) is 4.79 Å². The van der Waals surface area contributed by atoms with Crippen LogP contribution >= 0.6 is 11.6 Å². The van der Waals surface area contributed by atoms with E-state index in [0.29, 0.717) is 18.2 Å². The number of likely N-dealkylation sites (N-methyl/N-ethyl adjacent to an activating group) is 1. The highest BCUT2D eigenvalue weighted by atomic mass is 35.5. The van der Waals surface area contributed by atoms with Crippen LogP contribution in [-0.2, 0) is 6.54 Å². The first-order chi connectivity index (χ1) is 9.36. The van der Waals surface area contributed by atoms with E-state index in [4.69, 9.17) is 11.6 Å². The quantitative estimate of drug-likeness (QED) is 0.839. The van der Waals surface area contributed by atoms with Gasteiger partial charge in [0, 0.05) is 12.6 Å². The molecule has 1 N–H and O–H groups in total. The summed E-state index contributed by atoms with van der Waals surface area (Å²) in [6.45, 7) is 7.67. The van der Waals surface area contributed by atoms with E-state index in [0.717, 1.165) is 13.0 Å². The molecule has 0 aromatic carbocycles. The minimum absolute atomic E-state index is 0.220. The van der Waals surface area contributed by atoms with Crippen LogP contribution in [0, 0.1) is 5.92 Å². The molecule has 5 nitrogen and oxygen atoms in total. The molecule has 1 rings (SSSR count). The second-order valence-electron chi connectivity index (χ2n) is 5.61. The summed E-state index contributed by atoms with van der Waals surface area (Å²) in [7, 11) is 3.91. The minimum atomic E-state index is -0.239. The van der Waals surface area contributed by atoms with E-state index in [2.05, 4.69) is 31.2 Å². The first kappa shape index (κ1) is 17.0. The Hall–Kier alpha value is -1.07. The monoisotopic (exact) mass is 300 g/mol. The molecule has 1 unspecified atom stereocenters. The lowest BCUT2D eigenvalue weighted by atomic mass is 10.0. The Morgan fingerprint density at radius 1 is 1.45 bits per heavy atom. The van der Waals surface area contributed by atoms with Crippen molar-refractivity contribution < 1.29 is 0 Å². The number of anilines is 1. The van der Waals surface area contributed by atoms with Gasteiger partial charge in [0.15, 0.2) is 0 Å². The van der Waals surface area contributed by atoms with Gasteiger partial charge in [0.2, 0.25) is 0 Å². The van der Waals surface area contributed by atoms with Crippen LogP contribution in [0.4, 0.5) is 5.69 Å². The number of halogens is 1. The molecule has 0 aliphatic rings. The molecule has 1 atom stereocenters. The van der Waals surface area contributed by atoms with Gasteiger partial charge in [-0.05, 0) is 26.4 Å². The van der Waals surface area contributed by atoms with Gasteiger partial charge in [-0.25, -0.2) is 4.68 Å². The summed E-state index contributed by atoms with van der Waals surface area (Å²) < 4.78 is 1.41. The van der Waals surface area contributed by atoms with Gasteiger partial charge in [-0.1, -0.05) is 32.4 Å². The normalized spacial score (nSPS) is 13.0. The highest BCUT2D eigenvalue weighted by Gasteiger charge is 2.15. The standard InChI is InChI=1S/C14H25ClN4O/c1-6-11(10(2)3)17-12-9-16-19(8-7-18(4)5)14(20)13(12)15/h9-11,17H,6-8H2,1-5H3. The zero-order valence-electron chi connectivity index (χ0n) is 13.0. The van der Waals surface area contributed by atoms with E-state index in [1.807, 2.05) is 19.0 Å². The van der Waals surface area contributed by atoms with Crippen molar-refractivity contribution in [3.05, 3.63) is 21.6 Å². The van der Waals surface area contributed by atoms with Crippen molar-refractivity contribution in [1.29, 1.82) is 0 Å². The number of aromatic nitrogens is 2. The van der Waals surface area contributed by atoms with Crippen molar-refractivity contribution in [1.82, 2.24) is 14.7 Å². The van der Waals surface area contributed by atoms with Crippen molar-refractivity contribution in [3.63, 3.8) is 0 Å². The molecule has 0 fully saturated rings. The average Bonchev–Trinajstić information content (AvgIpc) is 2.38. The predicted octanol–water partition coefficient (Wildman–Crippen LogP) is 2.30. The second-order valence-corrected chi connectivity index (χ2v) is 5.98. The van der Waals surface area contributed by atoms with Crippen LogP contribution in [0.2, 0.25) is 5.02 Å². The van der Waals surface area contributed by atoms with Crippen LogP contribution in [0.3, 0.4) is 0 Å². The van der Waals surface area contributed by atoms with E-state index in [9.17, 15) is 4.79 Å². The maximum absolute atomic E-state index is 12.2. The number of hydrogen-bond donors (Lipinski definition) is 1. The summed E-state index contributed by atoms with van der Waals surface area (Å²) in [5, 5.41) is 7.72. The molecule has 6 heteroatoms. The summed E-state index contributed by atoms with van der Waals surface area (Å²) in [6, 6.07) is 0.284. The molecule has 0 spiro atoms. The van der Waals surface area contributed by atoms with E-state index in [1.54, 1.807) is 6.20 Å². The molecule has 0 aliphatic heterocycles. The van der Waals surface area contributed by atoms with E-state index in [1.165, 1.54) is 4.68 Å². The van der Waals surface area contributed by atoms with Crippen molar-refractivity contribution in [2.45, 2.75) is 39.8 Å². The first-order valence-corrected chi connectivity index (χ1v) is 7.41. The number of nitrogens with zero attached hydrogens (tertiary/aromatic N) is 3. The molecular formula is C14H25ClN4O. The zero-order chi connectivity index (χ0) is 15.3. The Labute approximate surface area is 125 Å². The van der Waals surface area contributed by atoms with Crippen molar-refractivity contribution in [2.24, 2.45) is 5.92 Å². The number of rotatable bonds is 7. The fraction of sp³-hybridized carbons (Fsp3) is 0.714. The highest BCUT2D eigenvalue weighted by Crippen LogP contribution is 2.19. The summed E-state index contributed by atoms with van der Waals surface area (Å²) in [4.78, 5) is 14.2. The molecule has 20 heavy (non-hydrogen) atoms. The Balaban J connectivity index is 2.91. The van der Waals surface area contributed by atoms with E-state index < -0.39 is 0 Å². The van der Waals surface area contributed by atoms with Crippen molar-refractivity contribution >= 4 is 17.3 Å². The van der Waals surface area contributed by atoms with E-state index in [-0.39, 0.29) is 16.6 Å². The molecule has 1 heterocycles. The summed E-state index contributed by atoms with van der Waals surface area (Å²) in [6.07, 6.45) is 2.61. The van der Waals surface area contributed by atoms with Gasteiger partial charge in [0.1, 0.15) is 5.02 Å². The minimum Gasteiger partial charge on any atom is -0.379 e. The van der Waals surface area contributed by atoms with E-state index >= 15 is 0 Å². The summed E-state index contributed by atoms with van der Waals surface area (Å²) in [5.74, 6) is 0.465. The lowest BCUT2D eigenvalue weighted by Gasteiger charge is -2.22. The Morgan fingerprint density at radius 3 is 2.60 bits per heavy atom. The van der Waals surface area contributed by atoms with Crippen LogP contribution < -0.4 is 10.9 Å². The molecule has 1 aromatic rings. The van der Waals surface area contributed by atoms with Crippen LogP contribution in [-0.4, -0.2) is 41.4 Å². The van der Waals surface area contributed by atoms with Gasteiger partial charge in [0.25, 0.3) is 5.56 Å². The third-order valence-corrected chi connectivity index (χ3v) is 3.69. The van der Waals surface area contributed by atoms with Gasteiger partial charge >= 0.3 is 0 Å². The number of hydrogen-bond acceptors (Lipinski definition) is 4. The third-order valence-electron chi connectivity index (χ3n) is 3.33. The molecule has 114 valence electrons. The Kier molecular flexibility index (Phi) is 6.49. The Bertz CT molecular complexity index is 485. The smallest absolute Gasteiger partial charge is 0.287 e. The van der Waals surface area contributed by atoms with Gasteiger partial charge in [-0.15, -0.1) is 0 Å². The molecule has 0 bridgehead atoms. The van der Waals surface area contributed by atoms with Crippen LogP contribution in [0.1, 0.15) is 27.2 Å². The topological polar surface area (TPSA) is 50.2 Å². The zero-order valence-corrected chi connectivity index (χ0v) is 13.7. The fourth-order valence-electron chi connectivity index (χ4n) is 1.96. The van der Waals surface area contributed by atoms with Crippen LogP contribution in [0.5, 0.6) is 0 Å².